The van der Waals surface area contributed by atoms with Crippen LogP contribution in [-0.4, -0.2) is 56.4 Å². The van der Waals surface area contributed by atoms with Crippen molar-refractivity contribution in [2.45, 2.75) is 18.9 Å². The van der Waals surface area contributed by atoms with Gasteiger partial charge in [-0.05, 0) is 12.8 Å². The number of benzene rings is 1. The van der Waals surface area contributed by atoms with Crippen LogP contribution in [0.5, 0.6) is 17.2 Å². The van der Waals surface area contributed by atoms with Gasteiger partial charge in [-0.1, -0.05) is 0 Å². The molecule has 6 nitrogen and oxygen atoms in total. The normalized spacial score (nSPS) is 18.3. The van der Waals surface area contributed by atoms with Gasteiger partial charge in [-0.15, -0.1) is 0 Å². The summed E-state index contributed by atoms with van der Waals surface area (Å²) >= 11 is 0. The lowest BCUT2D eigenvalue weighted by atomic mass is 10.1. The van der Waals surface area contributed by atoms with Gasteiger partial charge in [-0.3, -0.25) is 4.79 Å². The number of carbonyl (C=O) groups is 1. The molecule has 0 spiro atoms. The van der Waals surface area contributed by atoms with E-state index in [0.29, 0.717) is 35.9 Å². The summed E-state index contributed by atoms with van der Waals surface area (Å²) in [6, 6.07) is 3.24. The van der Waals surface area contributed by atoms with Gasteiger partial charge in [-0.25, -0.2) is 0 Å². The van der Waals surface area contributed by atoms with Crippen LogP contribution in [0.15, 0.2) is 12.1 Å². The molecule has 1 aliphatic rings. The fourth-order valence-corrected chi connectivity index (χ4v) is 2.51. The zero-order valence-corrected chi connectivity index (χ0v) is 12.6. The molecule has 1 aliphatic heterocycles. The highest BCUT2D eigenvalue weighted by molar-refractivity contribution is 5.98. The summed E-state index contributed by atoms with van der Waals surface area (Å²) in [5, 5.41) is 9.71. The van der Waals surface area contributed by atoms with E-state index < -0.39 is 6.10 Å². The second-order valence-electron chi connectivity index (χ2n) is 4.95. The molecule has 0 unspecified atom stereocenters. The molecule has 116 valence electrons. The van der Waals surface area contributed by atoms with Crippen molar-refractivity contribution < 1.29 is 24.1 Å². The smallest absolute Gasteiger partial charge is 0.257 e. The molecule has 6 heteroatoms. The lowest BCUT2D eigenvalue weighted by molar-refractivity contribution is 0.0471. The van der Waals surface area contributed by atoms with Crippen LogP contribution in [0.4, 0.5) is 0 Å². The Balaban J connectivity index is 2.34. The number of hydrogen-bond donors (Lipinski definition) is 1. The summed E-state index contributed by atoms with van der Waals surface area (Å²) in [6.07, 6.45) is 1.06. The van der Waals surface area contributed by atoms with Crippen molar-refractivity contribution in [2.24, 2.45) is 0 Å². The minimum Gasteiger partial charge on any atom is -0.496 e. The van der Waals surface area contributed by atoms with Gasteiger partial charge in [-0.2, -0.15) is 0 Å². The Labute approximate surface area is 124 Å². The van der Waals surface area contributed by atoms with Crippen LogP contribution in [0.3, 0.4) is 0 Å². The van der Waals surface area contributed by atoms with Gasteiger partial charge in [0.05, 0.1) is 33.0 Å². The number of aliphatic hydroxyl groups is 1. The maximum Gasteiger partial charge on any atom is 0.257 e. The van der Waals surface area contributed by atoms with E-state index in [-0.39, 0.29) is 5.91 Å². The second kappa shape index (κ2) is 6.67. The van der Waals surface area contributed by atoms with Crippen molar-refractivity contribution in [3.05, 3.63) is 17.7 Å². The number of rotatable bonds is 4. The van der Waals surface area contributed by atoms with Crippen LogP contribution in [0.1, 0.15) is 23.2 Å². The van der Waals surface area contributed by atoms with Crippen LogP contribution in [-0.2, 0) is 0 Å². The molecule has 0 bridgehead atoms. The Bertz CT molecular complexity index is 517. The fraction of sp³-hybridized carbons (Fsp3) is 0.533. The topological polar surface area (TPSA) is 68.2 Å². The van der Waals surface area contributed by atoms with E-state index in [4.69, 9.17) is 14.2 Å². The number of methoxy groups -OCH3 is 3. The summed E-state index contributed by atoms with van der Waals surface area (Å²) in [5.74, 6) is 1.23. The highest BCUT2D eigenvalue weighted by Crippen LogP contribution is 2.35. The molecule has 1 amide bonds. The van der Waals surface area contributed by atoms with E-state index in [0.717, 1.165) is 12.8 Å². The van der Waals surface area contributed by atoms with Crippen molar-refractivity contribution >= 4 is 5.91 Å². The molecule has 1 saturated heterocycles. The Morgan fingerprint density at radius 2 is 1.76 bits per heavy atom. The Morgan fingerprint density at radius 1 is 1.14 bits per heavy atom. The van der Waals surface area contributed by atoms with Gasteiger partial charge >= 0.3 is 0 Å². The van der Waals surface area contributed by atoms with E-state index in [2.05, 4.69) is 0 Å². The fourth-order valence-electron chi connectivity index (χ4n) is 2.51. The number of amides is 1. The highest BCUT2D eigenvalue weighted by atomic mass is 16.5. The first-order valence-corrected chi connectivity index (χ1v) is 6.88. The van der Waals surface area contributed by atoms with Gasteiger partial charge in [0.25, 0.3) is 5.91 Å². The number of nitrogens with zero attached hydrogens (tertiary/aromatic N) is 1. The number of ether oxygens (including phenoxy) is 3. The van der Waals surface area contributed by atoms with E-state index in [1.807, 2.05) is 0 Å². The van der Waals surface area contributed by atoms with Crippen LogP contribution in [0.2, 0.25) is 0 Å². The standard InChI is InChI=1S/C15H21NO5/c1-19-12-8-14(21-3)13(20-2)7-11(12)15(18)16-6-4-5-10(17)9-16/h7-8,10,17H,4-6,9H2,1-3H3/t10-/m0/s1. The van der Waals surface area contributed by atoms with Crippen molar-refractivity contribution in [1.82, 2.24) is 4.90 Å². The first-order valence-electron chi connectivity index (χ1n) is 6.88. The molecule has 0 radical (unpaired) electrons. The zero-order valence-electron chi connectivity index (χ0n) is 12.6. The third-order valence-corrected chi connectivity index (χ3v) is 3.62. The summed E-state index contributed by atoms with van der Waals surface area (Å²) < 4.78 is 15.7. The maximum atomic E-state index is 12.6. The highest BCUT2D eigenvalue weighted by Gasteiger charge is 2.26. The third-order valence-electron chi connectivity index (χ3n) is 3.62. The number of carbonyl (C=O) groups excluding carboxylic acids is 1. The number of likely N-dealkylation sites (tertiary alicyclic amines) is 1. The van der Waals surface area contributed by atoms with Crippen LogP contribution in [0.25, 0.3) is 0 Å². The largest absolute Gasteiger partial charge is 0.496 e. The molecule has 0 saturated carbocycles. The first kappa shape index (κ1) is 15.4. The quantitative estimate of drug-likeness (QED) is 0.907. The van der Waals surface area contributed by atoms with E-state index in [1.54, 1.807) is 17.0 Å². The van der Waals surface area contributed by atoms with Crippen molar-refractivity contribution in [1.29, 1.82) is 0 Å². The van der Waals surface area contributed by atoms with E-state index in [1.165, 1.54) is 21.3 Å². The molecule has 1 aromatic carbocycles. The monoisotopic (exact) mass is 295 g/mol. The molecule has 1 atom stereocenters. The predicted octanol–water partition coefficient (Wildman–Crippen LogP) is 1.31. The Morgan fingerprint density at radius 3 is 2.33 bits per heavy atom. The molecular weight excluding hydrogens is 274 g/mol. The third kappa shape index (κ3) is 3.21. The Hall–Kier alpha value is -1.95. The van der Waals surface area contributed by atoms with Gasteiger partial charge < -0.3 is 24.2 Å². The summed E-state index contributed by atoms with van der Waals surface area (Å²) in [6.45, 7) is 0.976. The predicted molar refractivity (Wildman–Crippen MR) is 77.2 cm³/mol. The molecule has 2 rings (SSSR count). The molecule has 1 aromatic rings. The van der Waals surface area contributed by atoms with Gasteiger partial charge in [0.2, 0.25) is 0 Å². The van der Waals surface area contributed by atoms with E-state index in [9.17, 15) is 9.90 Å². The molecule has 1 heterocycles. The SMILES string of the molecule is COc1cc(OC)c(C(=O)N2CCC[C@H](O)C2)cc1OC. The Kier molecular flexibility index (Phi) is 4.90. The zero-order chi connectivity index (χ0) is 15.4. The summed E-state index contributed by atoms with van der Waals surface area (Å²) in [4.78, 5) is 14.3. The molecule has 1 fully saturated rings. The average molecular weight is 295 g/mol. The maximum absolute atomic E-state index is 12.6. The van der Waals surface area contributed by atoms with Gasteiger partial charge in [0, 0.05) is 25.2 Å². The minimum absolute atomic E-state index is 0.174. The van der Waals surface area contributed by atoms with E-state index >= 15 is 0 Å². The minimum atomic E-state index is -0.464. The average Bonchev–Trinajstić information content (AvgIpc) is 2.52. The number of hydrogen-bond acceptors (Lipinski definition) is 5. The number of β-amino-alcohol motifs (C(OH)–C–C–N with tert-alkyl or cyclic N) is 1. The van der Waals surface area contributed by atoms with Crippen molar-refractivity contribution in [2.75, 3.05) is 34.4 Å². The van der Waals surface area contributed by atoms with Gasteiger partial charge in [0.1, 0.15) is 5.75 Å². The molecule has 1 N–H and O–H groups in total. The lowest BCUT2D eigenvalue weighted by Crippen LogP contribution is -2.42. The second-order valence-corrected chi connectivity index (χ2v) is 4.95. The molecule has 0 aliphatic carbocycles. The number of aliphatic hydroxyl groups excluding tert-OH is 1. The molecule has 0 aromatic heterocycles. The van der Waals surface area contributed by atoms with Crippen LogP contribution in [0, 0.1) is 0 Å². The van der Waals surface area contributed by atoms with Crippen LogP contribution >= 0.6 is 0 Å². The lowest BCUT2D eigenvalue weighted by Gasteiger charge is -2.30. The van der Waals surface area contributed by atoms with Crippen molar-refractivity contribution in [3.8, 4) is 17.2 Å². The molecular formula is C15H21NO5. The summed E-state index contributed by atoms with van der Waals surface area (Å²) in [5.41, 5.74) is 0.407. The first-order chi connectivity index (χ1) is 10.1. The van der Waals surface area contributed by atoms with Gasteiger partial charge in [0.15, 0.2) is 11.5 Å². The number of piperidine rings is 1. The van der Waals surface area contributed by atoms with Crippen LogP contribution < -0.4 is 14.2 Å². The molecule has 21 heavy (non-hydrogen) atoms. The summed E-state index contributed by atoms with van der Waals surface area (Å²) in [7, 11) is 4.55. The van der Waals surface area contributed by atoms with Crippen molar-refractivity contribution in [3.63, 3.8) is 0 Å².